The Morgan fingerprint density at radius 1 is 0.900 bits per heavy atom. The highest BCUT2D eigenvalue weighted by Crippen LogP contribution is 2.36. The Hall–Kier alpha value is -1.67. The van der Waals surface area contributed by atoms with Crippen LogP contribution < -0.4 is 0 Å². The number of carboxylic acid groups (broad SMARTS) is 2. The van der Waals surface area contributed by atoms with Crippen molar-refractivity contribution in [2.45, 2.75) is 78.4 Å². The molecule has 2 saturated carbocycles. The van der Waals surface area contributed by atoms with Gasteiger partial charge < -0.3 is 14.9 Å². The molecule has 172 valence electrons. The van der Waals surface area contributed by atoms with E-state index >= 15 is 0 Å². The summed E-state index contributed by atoms with van der Waals surface area (Å²) in [7, 11) is 0. The second kappa shape index (κ2) is 11.6. The third-order valence-electron chi connectivity index (χ3n) is 6.53. The number of ether oxygens (including phenoxy) is 1. The van der Waals surface area contributed by atoms with E-state index in [1.807, 2.05) is 13.8 Å². The summed E-state index contributed by atoms with van der Waals surface area (Å²) in [6.45, 7) is 6.08. The highest BCUT2D eigenvalue weighted by molar-refractivity contribution is 5.81. The van der Waals surface area contributed by atoms with Crippen LogP contribution in [0.5, 0.6) is 0 Å². The van der Waals surface area contributed by atoms with Gasteiger partial charge in [0.1, 0.15) is 0 Å². The first-order valence-corrected chi connectivity index (χ1v) is 11.2. The zero-order valence-electron chi connectivity index (χ0n) is 18.2. The predicted molar refractivity (Wildman–Crippen MR) is 107 cm³/mol. The van der Waals surface area contributed by atoms with E-state index in [0.29, 0.717) is 38.0 Å². The lowest BCUT2D eigenvalue weighted by Gasteiger charge is -2.32. The van der Waals surface area contributed by atoms with Crippen molar-refractivity contribution in [3.8, 4) is 0 Å². The Morgan fingerprint density at radius 3 is 2.10 bits per heavy atom. The Balaban J connectivity index is 1.88. The van der Waals surface area contributed by atoms with Gasteiger partial charge in [0.25, 0.3) is 0 Å². The molecule has 0 heterocycles. The number of hydrogen-bond donors (Lipinski definition) is 2. The molecule has 0 saturated heterocycles. The van der Waals surface area contributed by atoms with Gasteiger partial charge in [0.15, 0.2) is 0 Å². The van der Waals surface area contributed by atoms with Crippen molar-refractivity contribution in [2.24, 2.45) is 35.5 Å². The lowest BCUT2D eigenvalue weighted by atomic mass is 9.74. The number of carbonyl (C=O) groups is 3. The molecule has 0 amide bonds. The van der Waals surface area contributed by atoms with E-state index in [1.165, 1.54) is 0 Å². The van der Waals surface area contributed by atoms with Crippen molar-refractivity contribution < 1.29 is 39.1 Å². The molecule has 0 aromatic heterocycles. The van der Waals surface area contributed by atoms with Crippen LogP contribution in [0.1, 0.15) is 72.1 Å². The van der Waals surface area contributed by atoms with Gasteiger partial charge in [-0.25, -0.2) is 4.89 Å². The first kappa shape index (κ1) is 24.6. The fourth-order valence-electron chi connectivity index (χ4n) is 4.66. The molecule has 2 N–H and O–H groups in total. The summed E-state index contributed by atoms with van der Waals surface area (Å²) in [5, 5.41) is 18.9. The molecule has 0 aromatic rings. The van der Waals surface area contributed by atoms with Crippen LogP contribution in [0.3, 0.4) is 0 Å². The van der Waals surface area contributed by atoms with Crippen LogP contribution in [0.4, 0.5) is 0 Å². The molecule has 2 fully saturated rings. The summed E-state index contributed by atoms with van der Waals surface area (Å²) < 4.78 is 5.46. The van der Waals surface area contributed by atoms with Gasteiger partial charge >= 0.3 is 17.9 Å². The lowest BCUT2D eigenvalue weighted by molar-refractivity contribution is -0.378. The van der Waals surface area contributed by atoms with E-state index in [1.54, 1.807) is 0 Å². The van der Waals surface area contributed by atoms with Gasteiger partial charge in [-0.05, 0) is 49.9 Å². The number of carboxylic acids is 2. The van der Waals surface area contributed by atoms with E-state index < -0.39 is 42.0 Å². The van der Waals surface area contributed by atoms with Crippen LogP contribution in [-0.4, -0.2) is 41.0 Å². The molecule has 2 rings (SSSR count). The molecule has 0 spiro atoms. The van der Waals surface area contributed by atoms with Gasteiger partial charge in [-0.3, -0.25) is 14.4 Å². The van der Waals surface area contributed by atoms with E-state index in [2.05, 4.69) is 6.92 Å². The maximum absolute atomic E-state index is 12.6. The number of aliphatic carboxylic acids is 2. The highest BCUT2D eigenvalue weighted by atomic mass is 17.2. The molecule has 0 bridgehead atoms. The Bertz CT molecular complexity index is 592. The zero-order valence-corrected chi connectivity index (χ0v) is 18.2. The second-order valence-electron chi connectivity index (χ2n) is 9.13. The van der Waals surface area contributed by atoms with Crippen LogP contribution in [0.15, 0.2) is 0 Å². The summed E-state index contributed by atoms with van der Waals surface area (Å²) in [6, 6.07) is 0. The number of carbonyl (C=O) groups excluding carboxylic acids is 1. The number of esters is 1. The van der Waals surface area contributed by atoms with Crippen LogP contribution in [0, 0.1) is 35.5 Å². The van der Waals surface area contributed by atoms with Crippen LogP contribution in [-0.2, 0) is 28.9 Å². The Kier molecular flexibility index (Phi) is 9.55. The normalized spacial score (nSPS) is 32.9. The molecule has 8 heteroatoms. The second-order valence-corrected chi connectivity index (χ2v) is 9.13. The maximum atomic E-state index is 12.6. The van der Waals surface area contributed by atoms with E-state index in [-0.39, 0.29) is 18.4 Å². The Labute approximate surface area is 178 Å². The quantitative estimate of drug-likeness (QED) is 0.233. The molecular weight excluding hydrogens is 392 g/mol. The van der Waals surface area contributed by atoms with Crippen molar-refractivity contribution >= 4 is 17.9 Å². The molecule has 7 unspecified atom stereocenters. The van der Waals surface area contributed by atoms with Crippen molar-refractivity contribution in [3.05, 3.63) is 0 Å². The van der Waals surface area contributed by atoms with Gasteiger partial charge in [-0.15, -0.1) is 0 Å². The van der Waals surface area contributed by atoms with Crippen LogP contribution in [0.2, 0.25) is 0 Å². The number of hydrogen-bond acceptors (Lipinski definition) is 6. The van der Waals surface area contributed by atoms with Crippen molar-refractivity contribution in [1.82, 2.24) is 0 Å². The first-order valence-electron chi connectivity index (χ1n) is 11.2. The minimum Gasteiger partial charge on any atom is -0.481 e. The summed E-state index contributed by atoms with van der Waals surface area (Å²) >= 11 is 0. The summed E-state index contributed by atoms with van der Waals surface area (Å²) in [5.41, 5.74) is 0. The third kappa shape index (κ3) is 6.94. The van der Waals surface area contributed by atoms with Gasteiger partial charge in [0.2, 0.25) is 6.29 Å². The third-order valence-corrected chi connectivity index (χ3v) is 6.53. The molecule has 30 heavy (non-hydrogen) atoms. The zero-order chi connectivity index (χ0) is 22.3. The predicted octanol–water partition coefficient (Wildman–Crippen LogP) is 3.88. The summed E-state index contributed by atoms with van der Waals surface area (Å²) in [4.78, 5) is 46.4. The summed E-state index contributed by atoms with van der Waals surface area (Å²) in [5.74, 6) is -3.76. The number of rotatable bonds is 10. The Morgan fingerprint density at radius 2 is 1.50 bits per heavy atom. The van der Waals surface area contributed by atoms with Gasteiger partial charge in [0.05, 0.1) is 24.4 Å². The van der Waals surface area contributed by atoms with Crippen LogP contribution >= 0.6 is 0 Å². The van der Waals surface area contributed by atoms with Gasteiger partial charge in [-0.1, -0.05) is 33.6 Å². The largest absolute Gasteiger partial charge is 0.481 e. The fraction of sp³-hybridized carbons (Fsp3) is 0.864. The summed E-state index contributed by atoms with van der Waals surface area (Å²) in [6.07, 6.45) is 4.22. The van der Waals surface area contributed by atoms with Gasteiger partial charge in [-0.2, -0.15) is 4.89 Å². The van der Waals surface area contributed by atoms with Crippen molar-refractivity contribution in [1.29, 1.82) is 0 Å². The maximum Gasteiger partial charge on any atom is 0.312 e. The van der Waals surface area contributed by atoms with E-state index in [9.17, 15) is 24.6 Å². The topological polar surface area (TPSA) is 119 Å². The van der Waals surface area contributed by atoms with Gasteiger partial charge in [0, 0.05) is 6.42 Å². The molecule has 0 radical (unpaired) electrons. The fourth-order valence-corrected chi connectivity index (χ4v) is 4.66. The highest BCUT2D eigenvalue weighted by Gasteiger charge is 2.40. The lowest BCUT2D eigenvalue weighted by Crippen LogP contribution is -2.38. The van der Waals surface area contributed by atoms with E-state index in [4.69, 9.17) is 14.5 Å². The van der Waals surface area contributed by atoms with Crippen LogP contribution in [0.25, 0.3) is 0 Å². The van der Waals surface area contributed by atoms with E-state index in [0.717, 1.165) is 19.3 Å². The first-order chi connectivity index (χ1) is 14.2. The minimum absolute atomic E-state index is 0.125. The molecular formula is C22H36O8. The molecule has 2 aliphatic carbocycles. The molecule has 8 nitrogen and oxygen atoms in total. The molecule has 0 aliphatic heterocycles. The standard InChI is InChI=1S/C22H36O8/c1-4-5-19(29-22(27)16-9-7-14(3)11-18(16)21(25)26)30-28-12-15-8-6-13(2)10-17(15)20(23)24/h13-19H,4-12H2,1-3H3,(H,23,24)(H,25,26). The van der Waals surface area contributed by atoms with Crippen molar-refractivity contribution in [2.75, 3.05) is 6.61 Å². The van der Waals surface area contributed by atoms with Crippen molar-refractivity contribution in [3.63, 3.8) is 0 Å². The minimum atomic E-state index is -0.973. The monoisotopic (exact) mass is 428 g/mol. The molecule has 0 aromatic carbocycles. The molecule has 7 atom stereocenters. The SMILES string of the molecule is CCCC(OOCC1CCC(C)CC1C(=O)O)OC(=O)C1CCC(C)CC1C(=O)O. The average Bonchev–Trinajstić information content (AvgIpc) is 2.68. The smallest absolute Gasteiger partial charge is 0.312 e. The molecule has 2 aliphatic rings. The average molecular weight is 429 g/mol.